The molecule has 2 rings (SSSR count). The number of hydrogen-bond donors (Lipinski definition) is 1. The van der Waals surface area contributed by atoms with Crippen molar-refractivity contribution in [1.82, 2.24) is 0 Å². The third kappa shape index (κ3) is 1.79. The van der Waals surface area contributed by atoms with Crippen molar-refractivity contribution in [2.45, 2.75) is 31.2 Å². The van der Waals surface area contributed by atoms with Crippen molar-refractivity contribution < 1.29 is 9.90 Å². The number of carbonyl (C=O) groups excluding carboxylic acids is 1. The number of nitrogens with zero attached hydrogens (tertiary/aromatic N) is 1. The van der Waals surface area contributed by atoms with Crippen molar-refractivity contribution in [2.75, 3.05) is 0 Å². The van der Waals surface area contributed by atoms with Crippen molar-refractivity contribution in [3.8, 4) is 5.75 Å². The first-order chi connectivity index (χ1) is 7.27. The molecule has 0 bridgehead atoms. The van der Waals surface area contributed by atoms with Crippen LogP contribution in [0, 0.1) is 0 Å². The van der Waals surface area contributed by atoms with Crippen LogP contribution >= 0.6 is 0 Å². The van der Waals surface area contributed by atoms with Crippen LogP contribution in [0.3, 0.4) is 0 Å². The zero-order valence-electron chi connectivity index (χ0n) is 8.44. The van der Waals surface area contributed by atoms with Crippen molar-refractivity contribution in [3.05, 3.63) is 29.8 Å². The molecular formula is C12H13NO2. The Bertz CT molecular complexity index is 385. The van der Waals surface area contributed by atoms with E-state index in [1.54, 1.807) is 18.2 Å². The molecule has 0 heterocycles. The fourth-order valence-corrected chi connectivity index (χ4v) is 2.28. The quantitative estimate of drug-likeness (QED) is 0.593. The van der Waals surface area contributed by atoms with Gasteiger partial charge in [0.15, 0.2) is 0 Å². The standard InChI is InChI=1S/C12H13NO2/c14-9-13-12(7-1-2-8-12)10-3-5-11(15)6-4-10/h3-6,15H,1-2,7-8H2. The molecule has 0 amide bonds. The minimum atomic E-state index is -0.380. The van der Waals surface area contributed by atoms with Gasteiger partial charge in [0.2, 0.25) is 6.08 Å². The van der Waals surface area contributed by atoms with E-state index in [1.807, 2.05) is 12.1 Å². The second-order valence-corrected chi connectivity index (χ2v) is 3.99. The predicted molar refractivity (Wildman–Crippen MR) is 56.4 cm³/mol. The van der Waals surface area contributed by atoms with Crippen LogP contribution < -0.4 is 0 Å². The largest absolute Gasteiger partial charge is 0.508 e. The van der Waals surface area contributed by atoms with E-state index < -0.39 is 0 Å². The Balaban J connectivity index is 2.40. The molecule has 0 aromatic heterocycles. The topological polar surface area (TPSA) is 49.7 Å². The number of phenolic OH excluding ortho intramolecular Hbond substituents is 1. The summed E-state index contributed by atoms with van der Waals surface area (Å²) < 4.78 is 0. The van der Waals surface area contributed by atoms with Crippen LogP contribution in [0.5, 0.6) is 5.75 Å². The van der Waals surface area contributed by atoms with E-state index in [1.165, 1.54) is 0 Å². The maximum absolute atomic E-state index is 10.5. The predicted octanol–water partition coefficient (Wildman–Crippen LogP) is 2.50. The number of benzene rings is 1. The molecule has 1 fully saturated rings. The highest BCUT2D eigenvalue weighted by atomic mass is 16.3. The lowest BCUT2D eigenvalue weighted by Gasteiger charge is -2.22. The number of rotatable bonds is 2. The van der Waals surface area contributed by atoms with Crippen molar-refractivity contribution >= 4 is 6.08 Å². The Kier molecular flexibility index (Phi) is 2.57. The molecule has 1 aliphatic rings. The van der Waals surface area contributed by atoms with Gasteiger partial charge in [-0.25, -0.2) is 4.79 Å². The molecule has 3 nitrogen and oxygen atoms in total. The minimum absolute atomic E-state index is 0.238. The van der Waals surface area contributed by atoms with Crippen LogP contribution in [-0.4, -0.2) is 11.2 Å². The summed E-state index contributed by atoms with van der Waals surface area (Å²) in [6.07, 6.45) is 5.65. The second-order valence-electron chi connectivity index (χ2n) is 3.99. The lowest BCUT2D eigenvalue weighted by atomic mass is 9.89. The lowest BCUT2D eigenvalue weighted by molar-refractivity contribution is 0.451. The van der Waals surface area contributed by atoms with E-state index in [4.69, 9.17) is 0 Å². The van der Waals surface area contributed by atoms with Crippen molar-refractivity contribution in [1.29, 1.82) is 0 Å². The maximum atomic E-state index is 10.5. The molecule has 1 N–H and O–H groups in total. The van der Waals surface area contributed by atoms with Gasteiger partial charge in [-0.2, -0.15) is 4.99 Å². The summed E-state index contributed by atoms with van der Waals surface area (Å²) in [6.45, 7) is 0. The van der Waals surface area contributed by atoms with Crippen LogP contribution in [0.2, 0.25) is 0 Å². The van der Waals surface area contributed by atoms with E-state index in [9.17, 15) is 9.90 Å². The molecule has 78 valence electrons. The van der Waals surface area contributed by atoms with Gasteiger partial charge in [0.05, 0.1) is 5.54 Å². The van der Waals surface area contributed by atoms with Crippen LogP contribution in [0.25, 0.3) is 0 Å². The van der Waals surface area contributed by atoms with Gasteiger partial charge >= 0.3 is 0 Å². The van der Waals surface area contributed by atoms with E-state index in [-0.39, 0.29) is 11.3 Å². The first-order valence-electron chi connectivity index (χ1n) is 5.15. The smallest absolute Gasteiger partial charge is 0.235 e. The van der Waals surface area contributed by atoms with Crippen LogP contribution in [0.1, 0.15) is 31.2 Å². The van der Waals surface area contributed by atoms with E-state index in [2.05, 4.69) is 4.99 Å². The average Bonchev–Trinajstić information content (AvgIpc) is 2.69. The van der Waals surface area contributed by atoms with Crippen molar-refractivity contribution in [3.63, 3.8) is 0 Å². The highest BCUT2D eigenvalue weighted by molar-refractivity contribution is 5.40. The van der Waals surface area contributed by atoms with E-state index in [0.717, 1.165) is 31.2 Å². The summed E-state index contributed by atoms with van der Waals surface area (Å²) in [5, 5.41) is 9.21. The fourth-order valence-electron chi connectivity index (χ4n) is 2.28. The number of hydrogen-bond acceptors (Lipinski definition) is 3. The van der Waals surface area contributed by atoms with E-state index >= 15 is 0 Å². The highest BCUT2D eigenvalue weighted by Gasteiger charge is 2.35. The molecule has 1 saturated carbocycles. The Labute approximate surface area is 88.5 Å². The van der Waals surface area contributed by atoms with Crippen LogP contribution in [-0.2, 0) is 10.3 Å². The summed E-state index contributed by atoms with van der Waals surface area (Å²) in [5.41, 5.74) is 0.622. The molecule has 1 aromatic rings. The van der Waals surface area contributed by atoms with Gasteiger partial charge in [-0.15, -0.1) is 0 Å². The molecule has 3 heteroatoms. The zero-order chi connectivity index (χ0) is 10.7. The zero-order valence-corrected chi connectivity index (χ0v) is 8.44. The van der Waals surface area contributed by atoms with Gasteiger partial charge in [-0.1, -0.05) is 25.0 Å². The Morgan fingerprint density at radius 1 is 1.20 bits per heavy atom. The molecule has 1 aromatic carbocycles. The van der Waals surface area contributed by atoms with E-state index in [0.29, 0.717) is 0 Å². The highest BCUT2D eigenvalue weighted by Crippen LogP contribution is 2.42. The average molecular weight is 203 g/mol. The van der Waals surface area contributed by atoms with Gasteiger partial charge in [0.1, 0.15) is 5.75 Å². The first-order valence-corrected chi connectivity index (χ1v) is 5.15. The lowest BCUT2D eigenvalue weighted by Crippen LogP contribution is -2.18. The molecule has 1 aliphatic carbocycles. The first kappa shape index (κ1) is 9.94. The second kappa shape index (κ2) is 3.87. The summed E-state index contributed by atoms with van der Waals surface area (Å²) in [4.78, 5) is 14.4. The molecule has 0 spiro atoms. The minimum Gasteiger partial charge on any atom is -0.508 e. The third-order valence-electron chi connectivity index (χ3n) is 3.10. The molecule has 0 unspecified atom stereocenters. The molecule has 0 radical (unpaired) electrons. The summed E-state index contributed by atoms with van der Waals surface area (Å²) in [6, 6.07) is 6.94. The normalized spacial score (nSPS) is 18.4. The number of phenols is 1. The number of isocyanates is 1. The maximum Gasteiger partial charge on any atom is 0.235 e. The fraction of sp³-hybridized carbons (Fsp3) is 0.417. The van der Waals surface area contributed by atoms with Gasteiger partial charge in [-0.05, 0) is 30.5 Å². The molecule has 0 atom stereocenters. The molecule has 0 saturated heterocycles. The Morgan fingerprint density at radius 2 is 1.80 bits per heavy atom. The SMILES string of the molecule is O=C=NC1(c2ccc(O)cc2)CCCC1. The summed E-state index contributed by atoms with van der Waals surface area (Å²) >= 11 is 0. The Morgan fingerprint density at radius 3 is 2.33 bits per heavy atom. The van der Waals surface area contributed by atoms with Gasteiger partial charge in [0.25, 0.3) is 0 Å². The number of aromatic hydroxyl groups is 1. The van der Waals surface area contributed by atoms with Gasteiger partial charge < -0.3 is 5.11 Å². The summed E-state index contributed by atoms with van der Waals surface area (Å²) in [5.74, 6) is 0.238. The molecule has 15 heavy (non-hydrogen) atoms. The Hall–Kier alpha value is -1.60. The van der Waals surface area contributed by atoms with Crippen LogP contribution in [0.15, 0.2) is 29.3 Å². The van der Waals surface area contributed by atoms with Gasteiger partial charge in [-0.3, -0.25) is 0 Å². The third-order valence-corrected chi connectivity index (χ3v) is 3.10. The van der Waals surface area contributed by atoms with Crippen molar-refractivity contribution in [2.24, 2.45) is 4.99 Å². The molecular weight excluding hydrogens is 190 g/mol. The monoisotopic (exact) mass is 203 g/mol. The summed E-state index contributed by atoms with van der Waals surface area (Å²) in [7, 11) is 0. The number of aliphatic imine (C=N–C) groups is 1. The van der Waals surface area contributed by atoms with Gasteiger partial charge in [0, 0.05) is 0 Å². The molecule has 0 aliphatic heterocycles. The van der Waals surface area contributed by atoms with Crippen LogP contribution in [0.4, 0.5) is 0 Å².